The summed E-state index contributed by atoms with van der Waals surface area (Å²) >= 11 is 0. The van der Waals surface area contributed by atoms with E-state index in [0.717, 1.165) is 12.8 Å². The van der Waals surface area contributed by atoms with E-state index in [1.54, 1.807) is 0 Å². The van der Waals surface area contributed by atoms with E-state index in [9.17, 15) is 60.7 Å². The van der Waals surface area contributed by atoms with Crippen molar-refractivity contribution in [2.45, 2.75) is 12.8 Å². The minimum Gasteiger partial charge on any atom is -0.497 e. The maximum absolute atomic E-state index is 10.4. The van der Waals surface area contributed by atoms with Gasteiger partial charge >= 0.3 is 22.7 Å². The molecule has 0 aliphatic carbocycles. The maximum atomic E-state index is 10.4. The number of hydrogen-bond acceptors (Lipinski definition) is 16. The first-order chi connectivity index (χ1) is 20.5. The van der Waals surface area contributed by atoms with Gasteiger partial charge in [-0.25, -0.2) is 0 Å². The van der Waals surface area contributed by atoms with Crippen molar-refractivity contribution in [3.8, 4) is 11.5 Å². The second-order valence-electron chi connectivity index (χ2n) is 8.11. The highest BCUT2D eigenvalue weighted by Gasteiger charge is 2.31. The van der Waals surface area contributed by atoms with Crippen LogP contribution in [-0.2, 0) is 12.8 Å². The molecule has 3 aromatic rings. The molecule has 0 atom stereocenters. The van der Waals surface area contributed by atoms with E-state index in [2.05, 4.69) is 24.3 Å². The van der Waals surface area contributed by atoms with Gasteiger partial charge in [-0.2, -0.15) is 0 Å². The summed E-state index contributed by atoms with van der Waals surface area (Å²) in [5.41, 5.74) is 7.53. The predicted molar refractivity (Wildman–Crippen MR) is 148 cm³/mol. The van der Waals surface area contributed by atoms with Crippen molar-refractivity contribution < 1.29 is 39.8 Å². The number of nitro benzene ring substituents is 6. The van der Waals surface area contributed by atoms with Gasteiger partial charge in [0.1, 0.15) is 0 Å². The van der Waals surface area contributed by atoms with Gasteiger partial charge in [-0.3, -0.25) is 60.7 Å². The van der Waals surface area contributed by atoms with Crippen molar-refractivity contribution >= 4 is 34.1 Å². The van der Waals surface area contributed by atoms with E-state index in [1.165, 1.54) is 11.1 Å². The van der Waals surface area contributed by atoms with Gasteiger partial charge in [-0.1, -0.05) is 24.3 Å². The van der Waals surface area contributed by atoms with Gasteiger partial charge in [0.15, 0.2) is 0 Å². The molecule has 0 unspecified atom stereocenters. The molecule has 0 amide bonds. The third kappa shape index (κ3) is 9.89. The average molecular weight is 622 g/mol. The van der Waals surface area contributed by atoms with Crippen LogP contribution in [-0.4, -0.2) is 52.8 Å². The summed E-state index contributed by atoms with van der Waals surface area (Å²) in [7, 11) is 0. The third-order valence-electron chi connectivity index (χ3n) is 5.17. The van der Waals surface area contributed by atoms with Crippen molar-refractivity contribution in [2.24, 2.45) is 11.5 Å². The molecule has 234 valence electrons. The van der Waals surface area contributed by atoms with Crippen LogP contribution in [0.3, 0.4) is 0 Å². The number of phenols is 2. The van der Waals surface area contributed by atoms with Crippen molar-refractivity contribution in [3.05, 3.63) is 120 Å². The summed E-state index contributed by atoms with van der Waals surface area (Å²) in [6.45, 7) is 1.43. The molecule has 22 heteroatoms. The number of nitrogens with zero attached hydrogens (tertiary/aromatic N) is 6. The van der Waals surface area contributed by atoms with Gasteiger partial charge in [-0.05, 0) is 37.1 Å². The number of nitrogens with two attached hydrogens (primary N) is 2. The van der Waals surface area contributed by atoms with Crippen molar-refractivity contribution in [2.75, 3.05) is 13.1 Å². The molecule has 0 fully saturated rings. The van der Waals surface area contributed by atoms with Crippen LogP contribution in [0, 0.1) is 60.7 Å². The molecule has 0 heterocycles. The lowest BCUT2D eigenvalue weighted by molar-refractivity contribution is -0.404. The van der Waals surface area contributed by atoms with Gasteiger partial charge in [0.05, 0.1) is 53.8 Å². The SMILES string of the molecule is NCCc1cccc(CCN)c1.O=[N+]([O-])c1cc([N+](=O)[O-])c(O)c([N+](=O)[O-])c1.O=[N+]([O-])c1cc([N+](=O)[O-])c(O)c([N+](=O)[O-])c1. The van der Waals surface area contributed by atoms with Crippen LogP contribution in [0.25, 0.3) is 0 Å². The molecule has 44 heavy (non-hydrogen) atoms. The number of nitro groups is 6. The van der Waals surface area contributed by atoms with Crippen molar-refractivity contribution in [1.29, 1.82) is 0 Å². The number of non-ortho nitro benzene ring substituents is 2. The second-order valence-corrected chi connectivity index (χ2v) is 8.11. The van der Waals surface area contributed by atoms with Crippen LogP contribution in [0.4, 0.5) is 34.1 Å². The van der Waals surface area contributed by atoms with Gasteiger partial charge in [0.25, 0.3) is 22.9 Å². The highest BCUT2D eigenvalue weighted by Crippen LogP contribution is 2.40. The molecule has 0 aliphatic rings. The quantitative estimate of drug-likeness (QED) is 0.186. The first-order valence-corrected chi connectivity index (χ1v) is 11.6. The Morgan fingerprint density at radius 3 is 0.977 bits per heavy atom. The van der Waals surface area contributed by atoms with E-state index >= 15 is 0 Å². The maximum Gasteiger partial charge on any atom is 0.324 e. The zero-order valence-electron chi connectivity index (χ0n) is 22.1. The monoisotopic (exact) mass is 622 g/mol. The highest BCUT2D eigenvalue weighted by atomic mass is 16.7. The molecule has 0 aromatic heterocycles. The first kappa shape index (κ1) is 35.6. The fraction of sp³-hybridized carbons (Fsp3) is 0.182. The Balaban J connectivity index is 0.000000334. The van der Waals surface area contributed by atoms with Crippen LogP contribution in [0.5, 0.6) is 11.5 Å². The summed E-state index contributed by atoms with van der Waals surface area (Å²) in [5, 5.41) is 80.4. The molecule has 3 aromatic carbocycles. The minimum atomic E-state index is -1.21. The molecule has 0 bridgehead atoms. The highest BCUT2D eigenvalue weighted by molar-refractivity contribution is 5.65. The molecule has 0 radical (unpaired) electrons. The summed E-state index contributed by atoms with van der Waals surface area (Å²) < 4.78 is 0. The van der Waals surface area contributed by atoms with Gasteiger partial charge in [0.2, 0.25) is 0 Å². The molecular formula is C22H22N8O14. The van der Waals surface area contributed by atoms with E-state index in [0.29, 0.717) is 37.4 Å². The Morgan fingerprint density at radius 2 is 0.773 bits per heavy atom. The summed E-state index contributed by atoms with van der Waals surface area (Å²) in [6, 6.07) is 10.2. The van der Waals surface area contributed by atoms with Gasteiger partial charge < -0.3 is 21.7 Å². The Bertz CT molecular complexity index is 1410. The van der Waals surface area contributed by atoms with E-state index in [4.69, 9.17) is 21.7 Å². The Labute approximate surface area is 243 Å². The Hall–Kier alpha value is -6.42. The molecular weight excluding hydrogens is 600 g/mol. The molecule has 22 nitrogen and oxygen atoms in total. The number of aromatic hydroxyl groups is 2. The Kier molecular flexibility index (Phi) is 13.1. The standard InChI is InChI=1S/C10H16N2.2C6H3N3O7/c11-6-4-9-2-1-3-10(8-9)5-7-12;2*10-6-4(8(13)14)1-3(7(11)12)2-5(6)9(15)16/h1-3,8H,4-7,11-12H2;2*1-2,10H. The molecule has 0 saturated carbocycles. The zero-order valence-corrected chi connectivity index (χ0v) is 22.1. The van der Waals surface area contributed by atoms with Crippen molar-refractivity contribution in [1.82, 2.24) is 0 Å². The minimum absolute atomic E-state index is 0.447. The molecule has 0 aliphatic heterocycles. The number of phenolic OH excluding ortho intramolecular Hbond substituents is 2. The number of benzene rings is 3. The fourth-order valence-electron chi connectivity index (χ4n) is 3.22. The lowest BCUT2D eigenvalue weighted by Gasteiger charge is -2.02. The predicted octanol–water partition coefficient (Wildman–Crippen LogP) is 2.92. The largest absolute Gasteiger partial charge is 0.497 e. The van der Waals surface area contributed by atoms with E-state index in [-0.39, 0.29) is 0 Å². The van der Waals surface area contributed by atoms with Gasteiger partial charge in [-0.15, -0.1) is 0 Å². The zero-order chi connectivity index (χ0) is 33.7. The normalized spacial score (nSPS) is 9.86. The second kappa shape index (κ2) is 16.1. The van der Waals surface area contributed by atoms with Crippen LogP contribution >= 0.6 is 0 Å². The summed E-state index contributed by atoms with van der Waals surface area (Å²) in [4.78, 5) is 55.5. The molecule has 3 rings (SSSR count). The van der Waals surface area contributed by atoms with E-state index < -0.39 is 75.2 Å². The molecule has 0 saturated heterocycles. The Morgan fingerprint density at radius 1 is 0.500 bits per heavy atom. The first-order valence-electron chi connectivity index (χ1n) is 11.6. The van der Waals surface area contributed by atoms with E-state index in [1.807, 2.05) is 0 Å². The lowest BCUT2D eigenvalue weighted by atomic mass is 10.1. The van der Waals surface area contributed by atoms with Crippen LogP contribution in [0.2, 0.25) is 0 Å². The topological polar surface area (TPSA) is 351 Å². The third-order valence-corrected chi connectivity index (χ3v) is 5.17. The summed E-state index contributed by atoms with van der Waals surface area (Å²) in [6.07, 6.45) is 1.91. The molecule has 6 N–H and O–H groups in total. The average Bonchev–Trinajstić information content (AvgIpc) is 2.93. The van der Waals surface area contributed by atoms with Crippen molar-refractivity contribution in [3.63, 3.8) is 0 Å². The van der Waals surface area contributed by atoms with Crippen LogP contribution in [0.1, 0.15) is 11.1 Å². The molecule has 0 spiro atoms. The van der Waals surface area contributed by atoms with Gasteiger partial charge in [0, 0.05) is 0 Å². The van der Waals surface area contributed by atoms with Crippen LogP contribution < -0.4 is 11.5 Å². The van der Waals surface area contributed by atoms with Crippen LogP contribution in [0.15, 0.2) is 48.5 Å². The number of rotatable bonds is 10. The summed E-state index contributed by atoms with van der Waals surface area (Å²) in [5.74, 6) is -2.42. The number of hydrogen-bond donors (Lipinski definition) is 4. The smallest absolute Gasteiger partial charge is 0.324 e. The fourth-order valence-corrected chi connectivity index (χ4v) is 3.22. The lowest BCUT2D eigenvalue weighted by Crippen LogP contribution is -2.05.